The van der Waals surface area contributed by atoms with E-state index in [-0.39, 0.29) is 39.8 Å². The van der Waals surface area contributed by atoms with E-state index in [4.69, 9.17) is 4.74 Å². The standard InChI is InChI=1S/C22H32O3.C16H26O2/c1-4-20(24)25-19-8-7-17-16-6-5-14-13-15(23)9-11-21(14,2)18(16)10-12-22(17,19)3;1-15(2)11-8-9-16(3)12(5-7-14(16)18)10(11)4-6-13(15)17/h13,16-19H,4-12H2,1-3H3;10-12,14,18H,4-9H2,1-3H3/t16-,17-,18-,19-,21-,22-;/m0./s1. The van der Waals surface area contributed by atoms with Gasteiger partial charge in [-0.15, -0.1) is 0 Å². The molecule has 7 aliphatic carbocycles. The largest absolute Gasteiger partial charge is 0.462 e. The van der Waals surface area contributed by atoms with Gasteiger partial charge < -0.3 is 9.84 Å². The zero-order valence-electron chi connectivity index (χ0n) is 27.9. The molecule has 0 spiro atoms. The summed E-state index contributed by atoms with van der Waals surface area (Å²) in [6, 6.07) is 0. The first kappa shape index (κ1) is 31.5. The molecule has 11 atom stereocenters. The second-order valence-electron chi connectivity index (χ2n) is 17.1. The lowest BCUT2D eigenvalue weighted by molar-refractivity contribution is -0.159. The Morgan fingerprint density at radius 2 is 1.40 bits per heavy atom. The van der Waals surface area contributed by atoms with Crippen LogP contribution in [0.3, 0.4) is 0 Å². The molecule has 7 rings (SSSR count). The summed E-state index contributed by atoms with van der Waals surface area (Å²) >= 11 is 0. The Labute approximate surface area is 260 Å². The van der Waals surface area contributed by atoms with E-state index in [1.54, 1.807) is 0 Å². The van der Waals surface area contributed by atoms with Crippen LogP contribution in [0, 0.1) is 57.2 Å². The van der Waals surface area contributed by atoms with E-state index >= 15 is 0 Å². The zero-order valence-corrected chi connectivity index (χ0v) is 27.9. The van der Waals surface area contributed by atoms with Crippen molar-refractivity contribution in [3.63, 3.8) is 0 Å². The average Bonchev–Trinajstić information content (AvgIpc) is 3.46. The van der Waals surface area contributed by atoms with Crippen LogP contribution in [-0.2, 0) is 19.1 Å². The lowest BCUT2D eigenvalue weighted by Crippen LogP contribution is -2.51. The van der Waals surface area contributed by atoms with Gasteiger partial charge in [-0.3, -0.25) is 14.4 Å². The molecule has 5 unspecified atom stereocenters. The second kappa shape index (κ2) is 11.1. The van der Waals surface area contributed by atoms with Crippen molar-refractivity contribution < 1.29 is 24.2 Å². The summed E-state index contributed by atoms with van der Waals surface area (Å²) in [5, 5.41) is 10.3. The molecule has 43 heavy (non-hydrogen) atoms. The Hall–Kier alpha value is -1.49. The first-order valence-corrected chi connectivity index (χ1v) is 17.9. The third-order valence-corrected chi connectivity index (χ3v) is 15.2. The number of fused-ring (bicyclic) bond motifs is 8. The second-order valence-corrected chi connectivity index (χ2v) is 17.1. The highest BCUT2D eigenvalue weighted by Gasteiger charge is 2.60. The average molecular weight is 595 g/mol. The van der Waals surface area contributed by atoms with Crippen molar-refractivity contribution in [2.45, 2.75) is 150 Å². The minimum Gasteiger partial charge on any atom is -0.462 e. The summed E-state index contributed by atoms with van der Waals surface area (Å²) in [5.41, 5.74) is 1.83. The minimum atomic E-state index is -0.127. The summed E-state index contributed by atoms with van der Waals surface area (Å²) in [6.07, 6.45) is 17.4. The molecular weight excluding hydrogens is 536 g/mol. The first-order chi connectivity index (χ1) is 20.3. The van der Waals surface area contributed by atoms with Gasteiger partial charge in [-0.2, -0.15) is 0 Å². The predicted molar refractivity (Wildman–Crippen MR) is 168 cm³/mol. The van der Waals surface area contributed by atoms with Crippen LogP contribution in [0.1, 0.15) is 138 Å². The maximum Gasteiger partial charge on any atom is 0.305 e. The summed E-state index contributed by atoms with van der Waals surface area (Å²) in [6.45, 7) is 13.3. The Bertz CT molecular complexity index is 1170. The van der Waals surface area contributed by atoms with Gasteiger partial charge in [0.1, 0.15) is 11.9 Å². The maximum atomic E-state index is 12.2. The highest BCUT2D eigenvalue weighted by molar-refractivity contribution is 5.91. The van der Waals surface area contributed by atoms with E-state index in [0.29, 0.717) is 47.6 Å². The van der Waals surface area contributed by atoms with E-state index in [9.17, 15) is 19.5 Å². The van der Waals surface area contributed by atoms with E-state index in [0.717, 1.165) is 70.1 Å². The van der Waals surface area contributed by atoms with E-state index in [2.05, 4.69) is 34.6 Å². The molecule has 0 radical (unpaired) electrons. The number of hydrogen-bond donors (Lipinski definition) is 1. The van der Waals surface area contributed by atoms with Gasteiger partial charge in [-0.25, -0.2) is 0 Å². The fourth-order valence-corrected chi connectivity index (χ4v) is 12.3. The van der Waals surface area contributed by atoms with Gasteiger partial charge in [-0.05, 0) is 129 Å². The molecule has 7 aliphatic rings. The van der Waals surface area contributed by atoms with Crippen molar-refractivity contribution in [1.29, 1.82) is 0 Å². The number of allylic oxidation sites excluding steroid dienone is 1. The monoisotopic (exact) mass is 594 g/mol. The van der Waals surface area contributed by atoms with E-state index < -0.39 is 0 Å². The third kappa shape index (κ3) is 4.92. The van der Waals surface area contributed by atoms with E-state index in [1.807, 2.05) is 13.0 Å². The maximum absolute atomic E-state index is 12.2. The molecule has 0 bridgehead atoms. The summed E-state index contributed by atoms with van der Waals surface area (Å²) < 4.78 is 5.86. The van der Waals surface area contributed by atoms with Crippen molar-refractivity contribution in [2.75, 3.05) is 0 Å². The Kier molecular flexibility index (Phi) is 8.12. The van der Waals surface area contributed by atoms with Crippen molar-refractivity contribution in [3.05, 3.63) is 11.6 Å². The first-order valence-electron chi connectivity index (χ1n) is 17.9. The highest BCUT2D eigenvalue weighted by atomic mass is 16.5. The number of ether oxygens (including phenoxy) is 1. The predicted octanol–water partition coefficient (Wildman–Crippen LogP) is 8.02. The van der Waals surface area contributed by atoms with Gasteiger partial charge in [0.15, 0.2) is 5.78 Å². The third-order valence-electron chi connectivity index (χ3n) is 15.2. The van der Waals surface area contributed by atoms with Crippen LogP contribution in [-0.4, -0.2) is 34.9 Å². The van der Waals surface area contributed by atoms with Crippen LogP contribution in [0.15, 0.2) is 11.6 Å². The number of carbonyl (C=O) groups is 3. The number of ketones is 2. The summed E-state index contributed by atoms with van der Waals surface area (Å²) in [4.78, 5) is 35.9. The Morgan fingerprint density at radius 3 is 2.14 bits per heavy atom. The lowest BCUT2D eigenvalue weighted by atomic mass is 9.47. The molecular formula is C38H58O5. The number of rotatable bonds is 2. The van der Waals surface area contributed by atoms with Crippen LogP contribution in [0.5, 0.6) is 0 Å². The number of hydrogen-bond acceptors (Lipinski definition) is 5. The van der Waals surface area contributed by atoms with E-state index in [1.165, 1.54) is 31.3 Å². The van der Waals surface area contributed by atoms with Gasteiger partial charge in [0.25, 0.3) is 0 Å². The van der Waals surface area contributed by atoms with Crippen molar-refractivity contribution in [1.82, 2.24) is 0 Å². The quantitative estimate of drug-likeness (QED) is 0.328. The zero-order chi connectivity index (χ0) is 30.9. The van der Waals surface area contributed by atoms with Crippen LogP contribution >= 0.6 is 0 Å². The molecule has 0 aromatic carbocycles. The number of Topliss-reactive ketones (excluding diaryl/α,β-unsaturated/α-hetero) is 1. The number of aliphatic hydroxyl groups excluding tert-OH is 1. The fourth-order valence-electron chi connectivity index (χ4n) is 12.3. The number of aliphatic hydroxyl groups is 1. The molecule has 6 saturated carbocycles. The van der Waals surface area contributed by atoms with Gasteiger partial charge in [0.05, 0.1) is 6.10 Å². The Morgan fingerprint density at radius 1 is 0.767 bits per heavy atom. The molecule has 1 N–H and O–H groups in total. The number of carbonyl (C=O) groups excluding carboxylic acids is 3. The number of esters is 1. The SMILES string of the molecule is CC1(C)C(=O)CCC2C1CCC1(C)C(O)CCC21.CCC(=O)O[C@H]1CC[C@H]2[C@@H]3CCC4=CC(=O)CC[C@]4(C)[C@H]3CC[C@]12C. The van der Waals surface area contributed by atoms with Gasteiger partial charge in [-0.1, -0.05) is 47.1 Å². The smallest absolute Gasteiger partial charge is 0.305 e. The molecule has 5 nitrogen and oxygen atoms in total. The van der Waals surface area contributed by atoms with Crippen molar-refractivity contribution in [2.24, 2.45) is 57.2 Å². The molecule has 0 aliphatic heterocycles. The van der Waals surface area contributed by atoms with Crippen molar-refractivity contribution >= 4 is 17.5 Å². The molecule has 0 aromatic heterocycles. The lowest BCUT2D eigenvalue weighted by Gasteiger charge is -2.57. The molecule has 0 saturated heterocycles. The minimum absolute atomic E-state index is 0.0411. The van der Waals surface area contributed by atoms with Crippen LogP contribution < -0.4 is 0 Å². The normalized spacial score (nSPS) is 47.9. The fraction of sp³-hybridized carbons (Fsp3) is 0.868. The molecule has 240 valence electrons. The Balaban J connectivity index is 0.000000162. The summed E-state index contributed by atoms with van der Waals surface area (Å²) in [7, 11) is 0. The molecule has 0 amide bonds. The molecule has 6 fully saturated rings. The van der Waals surface area contributed by atoms with Gasteiger partial charge in [0, 0.05) is 30.1 Å². The molecule has 0 heterocycles. The van der Waals surface area contributed by atoms with Crippen LogP contribution in [0.2, 0.25) is 0 Å². The van der Waals surface area contributed by atoms with Gasteiger partial charge >= 0.3 is 5.97 Å². The van der Waals surface area contributed by atoms with Crippen molar-refractivity contribution in [3.8, 4) is 0 Å². The highest BCUT2D eigenvalue weighted by Crippen LogP contribution is 2.66. The van der Waals surface area contributed by atoms with Crippen LogP contribution in [0.25, 0.3) is 0 Å². The molecule has 0 aromatic rings. The summed E-state index contributed by atoms with van der Waals surface area (Å²) in [5.74, 6) is 4.76. The molecule has 5 heteroatoms. The van der Waals surface area contributed by atoms with Gasteiger partial charge in [0.2, 0.25) is 0 Å². The topological polar surface area (TPSA) is 80.7 Å². The van der Waals surface area contributed by atoms with Crippen LogP contribution in [0.4, 0.5) is 0 Å².